The second kappa shape index (κ2) is 5.83. The van der Waals surface area contributed by atoms with Crippen LogP contribution in [0.3, 0.4) is 0 Å². The lowest BCUT2D eigenvalue weighted by Crippen LogP contribution is -2.27. The third-order valence-corrected chi connectivity index (χ3v) is 3.91. The third-order valence-electron chi connectivity index (χ3n) is 2.68. The minimum absolute atomic E-state index is 0.00200. The summed E-state index contributed by atoms with van der Waals surface area (Å²) in [7, 11) is 0. The molecule has 0 radical (unpaired) electrons. The van der Waals surface area contributed by atoms with Crippen LogP contribution < -0.4 is 4.90 Å². The molecule has 0 saturated carbocycles. The number of hydrogen-bond acceptors (Lipinski definition) is 5. The van der Waals surface area contributed by atoms with Crippen molar-refractivity contribution in [1.82, 2.24) is 9.97 Å². The van der Waals surface area contributed by atoms with Gasteiger partial charge in [0.2, 0.25) is 11.2 Å². The maximum atomic E-state index is 13.6. The molecule has 0 N–H and O–H groups in total. The van der Waals surface area contributed by atoms with Crippen molar-refractivity contribution in [2.75, 3.05) is 17.2 Å². The van der Waals surface area contributed by atoms with Gasteiger partial charge in [0, 0.05) is 25.6 Å². The van der Waals surface area contributed by atoms with Gasteiger partial charge < -0.3 is 0 Å². The Balaban J connectivity index is 2.11. The molecule has 19 heavy (non-hydrogen) atoms. The lowest BCUT2D eigenvalue weighted by Gasteiger charge is -2.15. The van der Waals surface area contributed by atoms with E-state index in [9.17, 15) is 14.0 Å². The van der Waals surface area contributed by atoms with Gasteiger partial charge in [-0.25, -0.2) is 9.37 Å². The number of nitrogens with zero attached hydrogens (tertiary/aromatic N) is 3. The van der Waals surface area contributed by atoms with Crippen molar-refractivity contribution in [3.63, 3.8) is 0 Å². The first-order valence-corrected chi connectivity index (χ1v) is 6.95. The number of carbonyl (C=O) groups is 2. The van der Waals surface area contributed by atoms with Crippen LogP contribution >= 0.6 is 23.4 Å². The van der Waals surface area contributed by atoms with Crippen molar-refractivity contribution >= 4 is 40.2 Å². The van der Waals surface area contributed by atoms with Gasteiger partial charge in [-0.1, -0.05) is 11.8 Å². The van der Waals surface area contributed by atoms with E-state index >= 15 is 0 Å². The van der Waals surface area contributed by atoms with Crippen molar-refractivity contribution in [3.05, 3.63) is 17.3 Å². The Bertz CT molecular complexity index is 529. The molecule has 102 valence electrons. The summed E-state index contributed by atoms with van der Waals surface area (Å²) in [4.78, 5) is 31.3. The summed E-state index contributed by atoms with van der Waals surface area (Å²) in [5.41, 5.74) is 0. The second-order valence-electron chi connectivity index (χ2n) is 4.19. The zero-order valence-electron chi connectivity index (χ0n) is 10.1. The first kappa shape index (κ1) is 14.2. The van der Waals surface area contributed by atoms with Gasteiger partial charge in [0.05, 0.1) is 6.20 Å². The molecule has 1 aromatic heterocycles. The average Bonchev–Trinajstić information content (AvgIpc) is 2.71. The molecular formula is C11H11ClFN3O2S. The minimum atomic E-state index is -0.683. The Morgan fingerprint density at radius 1 is 1.68 bits per heavy atom. The van der Waals surface area contributed by atoms with Crippen molar-refractivity contribution in [2.45, 2.75) is 13.3 Å². The Hall–Kier alpha value is -1.21. The molecule has 2 heterocycles. The van der Waals surface area contributed by atoms with Gasteiger partial charge in [-0.3, -0.25) is 14.5 Å². The molecule has 5 nitrogen and oxygen atoms in total. The number of anilines is 1. The number of amides is 1. The number of aromatic nitrogens is 2. The lowest BCUT2D eigenvalue weighted by molar-refractivity contribution is -0.117. The van der Waals surface area contributed by atoms with Gasteiger partial charge in [0.1, 0.15) is 0 Å². The highest BCUT2D eigenvalue weighted by Gasteiger charge is 2.33. The number of thioether (sulfide) groups is 1. The molecule has 0 aliphatic carbocycles. The molecule has 1 aromatic rings. The van der Waals surface area contributed by atoms with E-state index in [1.165, 1.54) is 11.8 Å². The summed E-state index contributed by atoms with van der Waals surface area (Å²) in [5, 5.41) is -0.104. The van der Waals surface area contributed by atoms with Crippen LogP contribution in [0, 0.1) is 11.7 Å². The van der Waals surface area contributed by atoms with Gasteiger partial charge in [-0.05, 0) is 17.5 Å². The molecule has 0 spiro atoms. The van der Waals surface area contributed by atoms with Gasteiger partial charge in [0.15, 0.2) is 16.8 Å². The monoisotopic (exact) mass is 303 g/mol. The maximum Gasteiger partial charge on any atom is 0.228 e. The topological polar surface area (TPSA) is 63.2 Å². The predicted octanol–water partition coefficient (Wildman–Crippen LogP) is 1.90. The van der Waals surface area contributed by atoms with Crippen molar-refractivity contribution < 1.29 is 14.0 Å². The zero-order valence-corrected chi connectivity index (χ0v) is 11.7. The quantitative estimate of drug-likeness (QED) is 0.798. The molecule has 1 aliphatic heterocycles. The van der Waals surface area contributed by atoms with Crippen LogP contribution in [0.1, 0.15) is 13.3 Å². The van der Waals surface area contributed by atoms with E-state index in [4.69, 9.17) is 11.6 Å². The molecule has 0 aromatic carbocycles. The van der Waals surface area contributed by atoms with E-state index in [1.54, 1.807) is 0 Å². The van der Waals surface area contributed by atoms with E-state index < -0.39 is 5.82 Å². The highest BCUT2D eigenvalue weighted by atomic mass is 35.5. The molecule has 0 bridgehead atoms. The number of carbonyl (C=O) groups excluding carboxylic acids is 2. The average molecular weight is 304 g/mol. The van der Waals surface area contributed by atoms with Crippen LogP contribution in [0.2, 0.25) is 5.28 Å². The standard InChI is InChI=1S/C11H11ClFN3O2S/c1-6(17)19-5-7-2-9(18)16(4-7)10-8(13)3-14-11(12)15-10/h3,7H,2,4-5H2,1H3. The van der Waals surface area contributed by atoms with Crippen molar-refractivity contribution in [2.24, 2.45) is 5.92 Å². The molecule has 1 saturated heterocycles. The van der Waals surface area contributed by atoms with Gasteiger partial charge in [0.25, 0.3) is 0 Å². The third kappa shape index (κ3) is 3.42. The lowest BCUT2D eigenvalue weighted by atomic mass is 10.1. The summed E-state index contributed by atoms with van der Waals surface area (Å²) in [5.74, 6) is -0.451. The first-order valence-electron chi connectivity index (χ1n) is 5.59. The molecular weight excluding hydrogens is 293 g/mol. The molecule has 1 amide bonds. The van der Waals surface area contributed by atoms with Crippen LogP contribution in [0.4, 0.5) is 10.2 Å². The molecule has 1 atom stereocenters. The van der Waals surface area contributed by atoms with Crippen LogP contribution in [-0.4, -0.2) is 33.3 Å². The first-order chi connectivity index (χ1) is 8.97. The van der Waals surface area contributed by atoms with Crippen LogP contribution in [0.15, 0.2) is 6.20 Å². The highest BCUT2D eigenvalue weighted by Crippen LogP contribution is 2.28. The number of rotatable bonds is 3. The summed E-state index contributed by atoms with van der Waals surface area (Å²) in [6.45, 7) is 1.81. The molecule has 1 aliphatic rings. The minimum Gasteiger partial charge on any atom is -0.294 e. The predicted molar refractivity (Wildman–Crippen MR) is 70.6 cm³/mol. The largest absolute Gasteiger partial charge is 0.294 e. The molecule has 1 fully saturated rings. The number of hydrogen-bond donors (Lipinski definition) is 0. The van der Waals surface area contributed by atoms with E-state index in [2.05, 4.69) is 9.97 Å². The van der Waals surface area contributed by atoms with E-state index in [0.717, 1.165) is 18.0 Å². The number of halogens is 2. The Morgan fingerprint density at radius 2 is 2.42 bits per heavy atom. The van der Waals surface area contributed by atoms with Gasteiger partial charge in [-0.2, -0.15) is 4.98 Å². The Kier molecular flexibility index (Phi) is 4.36. The van der Waals surface area contributed by atoms with Crippen molar-refractivity contribution in [1.29, 1.82) is 0 Å². The van der Waals surface area contributed by atoms with Crippen LogP contribution in [0.25, 0.3) is 0 Å². The summed E-state index contributed by atoms with van der Waals surface area (Å²) >= 11 is 6.77. The Labute approximate surface area is 118 Å². The highest BCUT2D eigenvalue weighted by molar-refractivity contribution is 8.13. The summed E-state index contributed by atoms with van der Waals surface area (Å²) in [6.07, 6.45) is 1.22. The molecule has 1 unspecified atom stereocenters. The van der Waals surface area contributed by atoms with E-state index in [1.807, 2.05) is 0 Å². The van der Waals surface area contributed by atoms with Crippen LogP contribution in [0.5, 0.6) is 0 Å². The maximum absolute atomic E-state index is 13.6. The van der Waals surface area contributed by atoms with Gasteiger partial charge in [-0.15, -0.1) is 0 Å². The summed E-state index contributed by atoms with van der Waals surface area (Å²) < 4.78 is 13.6. The SMILES string of the molecule is CC(=O)SCC1CC(=O)N(c2nc(Cl)ncc2F)C1. The normalized spacial score (nSPS) is 19.0. The fraction of sp³-hybridized carbons (Fsp3) is 0.455. The van der Waals surface area contributed by atoms with Crippen molar-refractivity contribution in [3.8, 4) is 0 Å². The summed E-state index contributed by atoms with van der Waals surface area (Å²) in [6, 6.07) is 0. The molecule has 8 heteroatoms. The molecule has 2 rings (SSSR count). The fourth-order valence-electron chi connectivity index (χ4n) is 1.86. The zero-order chi connectivity index (χ0) is 14.0. The van der Waals surface area contributed by atoms with E-state index in [0.29, 0.717) is 12.3 Å². The van der Waals surface area contributed by atoms with E-state index in [-0.39, 0.29) is 34.5 Å². The van der Waals surface area contributed by atoms with Crippen LogP contribution in [-0.2, 0) is 9.59 Å². The second-order valence-corrected chi connectivity index (χ2v) is 5.72. The fourth-order valence-corrected chi connectivity index (χ4v) is 2.68. The Morgan fingerprint density at radius 3 is 3.11 bits per heavy atom. The van der Waals surface area contributed by atoms with Gasteiger partial charge >= 0.3 is 0 Å². The smallest absolute Gasteiger partial charge is 0.228 e.